The average Bonchev–Trinajstić information content (AvgIpc) is 2.74. The van der Waals surface area contributed by atoms with E-state index in [4.69, 9.17) is 4.74 Å². The number of para-hydroxylation sites is 2. The highest BCUT2D eigenvalue weighted by molar-refractivity contribution is 6.06. The van der Waals surface area contributed by atoms with Crippen molar-refractivity contribution in [3.63, 3.8) is 0 Å². The van der Waals surface area contributed by atoms with E-state index in [0.717, 1.165) is 30.2 Å². The zero-order valence-corrected chi connectivity index (χ0v) is 18.2. The van der Waals surface area contributed by atoms with Crippen molar-refractivity contribution in [2.75, 3.05) is 36.4 Å². The minimum atomic E-state index is -0.160. The summed E-state index contributed by atoms with van der Waals surface area (Å²) in [6.45, 7) is 10.7. The maximum Gasteiger partial charge on any atom is 0.255 e. The molecular weight excluding hydrogens is 378 g/mol. The van der Waals surface area contributed by atoms with E-state index >= 15 is 0 Å². The minimum absolute atomic E-state index is 0.0143. The molecule has 0 unspecified atom stereocenters. The lowest BCUT2D eigenvalue weighted by atomic mass is 10.1. The van der Waals surface area contributed by atoms with Gasteiger partial charge in [0.25, 0.3) is 5.91 Å². The predicted octanol–water partition coefficient (Wildman–Crippen LogP) is 4.03. The first kappa shape index (κ1) is 21.7. The molecule has 0 aliphatic carbocycles. The molecule has 0 spiro atoms. The van der Waals surface area contributed by atoms with Gasteiger partial charge in [-0.1, -0.05) is 26.0 Å². The normalized spacial score (nSPS) is 14.2. The van der Waals surface area contributed by atoms with Gasteiger partial charge in [0.15, 0.2) is 0 Å². The van der Waals surface area contributed by atoms with Crippen LogP contribution in [0.2, 0.25) is 0 Å². The summed E-state index contributed by atoms with van der Waals surface area (Å²) in [4.78, 5) is 29.2. The van der Waals surface area contributed by atoms with E-state index in [1.165, 1.54) is 0 Å². The van der Waals surface area contributed by atoms with Crippen LogP contribution in [0.25, 0.3) is 0 Å². The number of benzene rings is 2. The van der Waals surface area contributed by atoms with Crippen LogP contribution in [0.15, 0.2) is 48.5 Å². The summed E-state index contributed by atoms with van der Waals surface area (Å²) in [6.07, 6.45) is 0.0906. The van der Waals surface area contributed by atoms with Crippen molar-refractivity contribution in [2.45, 2.75) is 33.8 Å². The van der Waals surface area contributed by atoms with E-state index in [1.807, 2.05) is 69.0 Å². The van der Waals surface area contributed by atoms with E-state index in [2.05, 4.69) is 10.2 Å². The van der Waals surface area contributed by atoms with E-state index in [1.54, 1.807) is 12.1 Å². The second-order valence-corrected chi connectivity index (χ2v) is 8.13. The largest absolute Gasteiger partial charge is 0.491 e. The van der Waals surface area contributed by atoms with Gasteiger partial charge >= 0.3 is 0 Å². The highest BCUT2D eigenvalue weighted by Gasteiger charge is 2.24. The monoisotopic (exact) mass is 409 g/mol. The van der Waals surface area contributed by atoms with E-state index in [0.29, 0.717) is 18.7 Å². The number of ether oxygens (including phenoxy) is 1. The van der Waals surface area contributed by atoms with Crippen LogP contribution in [-0.2, 0) is 4.79 Å². The molecule has 3 rings (SSSR count). The van der Waals surface area contributed by atoms with Gasteiger partial charge in [0, 0.05) is 37.7 Å². The van der Waals surface area contributed by atoms with Crippen LogP contribution in [0.5, 0.6) is 5.75 Å². The SMILES string of the molecule is CC(C)Oc1ccc(C(=O)Nc2ccccc2N2CCN(C(=O)C(C)C)CC2)cc1. The zero-order chi connectivity index (χ0) is 21.7. The molecule has 1 N–H and O–H groups in total. The minimum Gasteiger partial charge on any atom is -0.491 e. The molecule has 1 aliphatic rings. The Morgan fingerprint density at radius 2 is 1.53 bits per heavy atom. The molecule has 0 saturated carbocycles. The fourth-order valence-electron chi connectivity index (χ4n) is 3.54. The third-order valence-corrected chi connectivity index (χ3v) is 5.07. The van der Waals surface area contributed by atoms with Crippen LogP contribution in [0.3, 0.4) is 0 Å². The van der Waals surface area contributed by atoms with Gasteiger partial charge in [-0.25, -0.2) is 0 Å². The third-order valence-electron chi connectivity index (χ3n) is 5.07. The highest BCUT2D eigenvalue weighted by atomic mass is 16.5. The van der Waals surface area contributed by atoms with Crippen molar-refractivity contribution in [1.82, 2.24) is 4.90 Å². The highest BCUT2D eigenvalue weighted by Crippen LogP contribution is 2.27. The summed E-state index contributed by atoms with van der Waals surface area (Å²) in [6, 6.07) is 15.0. The zero-order valence-electron chi connectivity index (χ0n) is 18.2. The second-order valence-electron chi connectivity index (χ2n) is 8.13. The number of carbonyl (C=O) groups excluding carboxylic acids is 2. The maximum atomic E-state index is 12.8. The Morgan fingerprint density at radius 1 is 0.900 bits per heavy atom. The second kappa shape index (κ2) is 9.65. The summed E-state index contributed by atoms with van der Waals surface area (Å²) in [5.41, 5.74) is 2.32. The molecule has 1 saturated heterocycles. The topological polar surface area (TPSA) is 61.9 Å². The third kappa shape index (κ3) is 5.32. The molecule has 6 heteroatoms. The summed E-state index contributed by atoms with van der Waals surface area (Å²) in [5, 5.41) is 3.03. The Bertz CT molecular complexity index is 870. The molecule has 0 bridgehead atoms. The van der Waals surface area contributed by atoms with E-state index in [9.17, 15) is 9.59 Å². The van der Waals surface area contributed by atoms with Crippen molar-refractivity contribution in [1.29, 1.82) is 0 Å². The van der Waals surface area contributed by atoms with Crippen molar-refractivity contribution in [2.24, 2.45) is 5.92 Å². The molecule has 6 nitrogen and oxygen atoms in total. The Kier molecular flexibility index (Phi) is 6.98. The van der Waals surface area contributed by atoms with Crippen LogP contribution in [0, 0.1) is 5.92 Å². The molecule has 160 valence electrons. The fourth-order valence-corrected chi connectivity index (χ4v) is 3.54. The van der Waals surface area contributed by atoms with E-state index < -0.39 is 0 Å². The summed E-state index contributed by atoms with van der Waals surface area (Å²) < 4.78 is 5.64. The van der Waals surface area contributed by atoms with Crippen LogP contribution in [0.1, 0.15) is 38.1 Å². The molecule has 1 heterocycles. The molecule has 2 aromatic rings. The lowest BCUT2D eigenvalue weighted by Crippen LogP contribution is -2.50. The van der Waals surface area contributed by atoms with Gasteiger partial charge in [0.2, 0.25) is 5.91 Å². The van der Waals surface area contributed by atoms with Crippen LogP contribution in [-0.4, -0.2) is 49.0 Å². The summed E-state index contributed by atoms with van der Waals surface area (Å²) >= 11 is 0. The fraction of sp³-hybridized carbons (Fsp3) is 0.417. The number of carbonyl (C=O) groups is 2. The lowest BCUT2D eigenvalue weighted by molar-refractivity contribution is -0.134. The first-order valence-corrected chi connectivity index (χ1v) is 10.6. The van der Waals surface area contributed by atoms with Crippen molar-refractivity contribution in [3.8, 4) is 5.75 Å². The molecule has 1 fully saturated rings. The van der Waals surface area contributed by atoms with Crippen LogP contribution < -0.4 is 15.0 Å². The summed E-state index contributed by atoms with van der Waals surface area (Å²) in [7, 11) is 0. The Labute approximate surface area is 178 Å². The number of anilines is 2. The number of nitrogens with one attached hydrogen (secondary N) is 1. The molecule has 0 atom stereocenters. The average molecular weight is 410 g/mol. The molecule has 1 aliphatic heterocycles. The van der Waals surface area contributed by atoms with Crippen molar-refractivity contribution < 1.29 is 14.3 Å². The van der Waals surface area contributed by atoms with Gasteiger partial charge in [-0.15, -0.1) is 0 Å². The first-order valence-electron chi connectivity index (χ1n) is 10.6. The lowest BCUT2D eigenvalue weighted by Gasteiger charge is -2.37. The molecule has 0 radical (unpaired) electrons. The Hall–Kier alpha value is -3.02. The van der Waals surface area contributed by atoms with Gasteiger partial charge in [0.05, 0.1) is 17.5 Å². The number of amides is 2. The van der Waals surface area contributed by atoms with Gasteiger partial charge in [-0.3, -0.25) is 9.59 Å². The quantitative estimate of drug-likeness (QED) is 0.782. The molecule has 2 amide bonds. The smallest absolute Gasteiger partial charge is 0.255 e. The summed E-state index contributed by atoms with van der Waals surface area (Å²) in [5.74, 6) is 0.796. The van der Waals surface area contributed by atoms with Gasteiger partial charge in [-0.05, 0) is 50.2 Å². The van der Waals surface area contributed by atoms with Crippen LogP contribution in [0.4, 0.5) is 11.4 Å². The number of rotatable bonds is 6. The molecular formula is C24H31N3O3. The van der Waals surface area contributed by atoms with Crippen molar-refractivity contribution >= 4 is 23.2 Å². The number of piperazine rings is 1. The van der Waals surface area contributed by atoms with Gasteiger partial charge in [-0.2, -0.15) is 0 Å². The molecule has 30 heavy (non-hydrogen) atoms. The van der Waals surface area contributed by atoms with Crippen LogP contribution >= 0.6 is 0 Å². The number of nitrogens with zero attached hydrogens (tertiary/aromatic N) is 2. The Balaban J connectivity index is 1.67. The Morgan fingerprint density at radius 3 is 2.13 bits per heavy atom. The van der Waals surface area contributed by atoms with Crippen molar-refractivity contribution in [3.05, 3.63) is 54.1 Å². The standard InChI is InChI=1S/C24H31N3O3/c1-17(2)24(29)27-15-13-26(14-16-27)22-8-6-5-7-21(22)25-23(28)19-9-11-20(12-10-19)30-18(3)4/h5-12,17-18H,13-16H2,1-4H3,(H,25,28). The molecule has 2 aromatic carbocycles. The number of hydrogen-bond acceptors (Lipinski definition) is 4. The molecule has 0 aromatic heterocycles. The number of hydrogen-bond donors (Lipinski definition) is 1. The van der Waals surface area contributed by atoms with Gasteiger partial charge < -0.3 is 19.9 Å². The van der Waals surface area contributed by atoms with E-state index in [-0.39, 0.29) is 23.8 Å². The maximum absolute atomic E-state index is 12.8. The predicted molar refractivity (Wildman–Crippen MR) is 120 cm³/mol. The first-order chi connectivity index (χ1) is 14.3. The van der Waals surface area contributed by atoms with Gasteiger partial charge in [0.1, 0.15) is 5.75 Å².